The summed E-state index contributed by atoms with van der Waals surface area (Å²) in [4.78, 5) is 4.76. The number of benzene rings is 1. The van der Waals surface area contributed by atoms with Crippen molar-refractivity contribution < 1.29 is 9.26 Å². The lowest BCUT2D eigenvalue weighted by Crippen LogP contribution is -2.37. The van der Waals surface area contributed by atoms with Crippen LogP contribution in [0.25, 0.3) is 11.0 Å². The molecule has 1 aromatic heterocycles. The molecule has 0 atom stereocenters. The van der Waals surface area contributed by atoms with E-state index in [9.17, 15) is 0 Å². The number of hydrogen-bond acceptors (Lipinski definition) is 5. The van der Waals surface area contributed by atoms with Crippen LogP contribution < -0.4 is 4.74 Å². The summed E-state index contributed by atoms with van der Waals surface area (Å²) in [6, 6.07) is 4.28. The average Bonchev–Trinajstić information content (AvgIpc) is 3.72. The van der Waals surface area contributed by atoms with Gasteiger partial charge in [0.05, 0.1) is 17.9 Å². The lowest BCUT2D eigenvalue weighted by molar-refractivity contribution is 0.162. The Bertz CT molecular complexity index is 984. The van der Waals surface area contributed by atoms with E-state index in [4.69, 9.17) is 15.7 Å². The second kappa shape index (κ2) is 11.5. The first-order valence-electron chi connectivity index (χ1n) is 12.4. The van der Waals surface area contributed by atoms with Gasteiger partial charge in [-0.1, -0.05) is 11.1 Å². The van der Waals surface area contributed by atoms with Crippen molar-refractivity contribution in [3.63, 3.8) is 0 Å². The van der Waals surface area contributed by atoms with Crippen molar-refractivity contribution in [1.82, 2.24) is 15.0 Å². The number of halogens is 2. The third kappa shape index (κ3) is 6.40. The van der Waals surface area contributed by atoms with E-state index in [0.717, 1.165) is 65.9 Å². The van der Waals surface area contributed by atoms with Crippen LogP contribution >= 0.6 is 24.8 Å². The quantitative estimate of drug-likeness (QED) is 0.392. The third-order valence-corrected chi connectivity index (χ3v) is 7.60. The second-order valence-corrected chi connectivity index (χ2v) is 10.7. The molecular formula is C27H39Cl2N3O2. The Hall–Kier alpha value is -1.45. The number of fused-ring (bicyclic) bond motifs is 1. The number of aromatic nitrogens is 1. The van der Waals surface area contributed by atoms with E-state index in [1.807, 2.05) is 0 Å². The van der Waals surface area contributed by atoms with Gasteiger partial charge in [-0.2, -0.15) is 0 Å². The molecule has 0 unspecified atom stereocenters. The van der Waals surface area contributed by atoms with Crippen molar-refractivity contribution in [2.45, 2.75) is 57.9 Å². The maximum atomic E-state index is 6.16. The van der Waals surface area contributed by atoms with E-state index in [1.54, 1.807) is 0 Å². The van der Waals surface area contributed by atoms with E-state index in [1.165, 1.54) is 58.0 Å². The van der Waals surface area contributed by atoms with Crippen LogP contribution in [-0.4, -0.2) is 55.3 Å². The Kier molecular flexibility index (Phi) is 9.20. The van der Waals surface area contributed by atoms with Gasteiger partial charge in [0.25, 0.3) is 0 Å². The topological polar surface area (TPSA) is 41.7 Å². The summed E-state index contributed by atoms with van der Waals surface area (Å²) in [5.41, 5.74) is 3.34. The molecule has 2 heterocycles. The van der Waals surface area contributed by atoms with Crippen LogP contribution in [0.2, 0.25) is 0 Å². The minimum absolute atomic E-state index is 0. The Morgan fingerprint density at radius 1 is 1.15 bits per heavy atom. The number of likely N-dealkylation sites (tertiary alicyclic amines) is 1. The van der Waals surface area contributed by atoms with E-state index in [0.29, 0.717) is 0 Å². The van der Waals surface area contributed by atoms with Crippen molar-refractivity contribution >= 4 is 35.8 Å². The van der Waals surface area contributed by atoms with E-state index >= 15 is 0 Å². The normalized spacial score (nSPS) is 19.9. The summed E-state index contributed by atoms with van der Waals surface area (Å²) in [5, 5.41) is 5.65. The molecule has 3 fully saturated rings. The van der Waals surface area contributed by atoms with Crippen LogP contribution in [0, 0.1) is 29.6 Å². The number of nitrogens with zero attached hydrogens (tertiary/aromatic N) is 3. The molecule has 188 valence electrons. The first-order valence-corrected chi connectivity index (χ1v) is 12.4. The molecule has 5 nitrogen and oxygen atoms in total. The number of terminal acetylenes is 1. The highest BCUT2D eigenvalue weighted by Crippen LogP contribution is 2.46. The Labute approximate surface area is 216 Å². The minimum Gasteiger partial charge on any atom is -0.493 e. The Morgan fingerprint density at radius 2 is 1.88 bits per heavy atom. The van der Waals surface area contributed by atoms with Gasteiger partial charge >= 0.3 is 0 Å². The number of aryl methyl sites for hydroxylation is 1. The fourth-order valence-corrected chi connectivity index (χ4v) is 5.07. The standard InChI is InChI=1S/C27H37N3O2.2ClH/c1-4-27(13-14-27)19-30-15-11-20(12-16-30)7-9-24-22-8-10-25(31-18-21-5-6-21)23(17-29(2)3)26(22)32-28-24;;/h1,8,10,20-21H,5-7,9,11-19H2,2-3H3;2*1H. The highest BCUT2D eigenvalue weighted by Gasteiger charge is 2.42. The lowest BCUT2D eigenvalue weighted by Gasteiger charge is -2.33. The summed E-state index contributed by atoms with van der Waals surface area (Å²) < 4.78 is 12.1. The molecule has 2 saturated carbocycles. The summed E-state index contributed by atoms with van der Waals surface area (Å²) >= 11 is 0. The largest absolute Gasteiger partial charge is 0.493 e. The zero-order chi connectivity index (χ0) is 22.1. The van der Waals surface area contributed by atoms with Crippen molar-refractivity contribution in [3.05, 3.63) is 23.4 Å². The fraction of sp³-hybridized carbons (Fsp3) is 0.667. The first-order chi connectivity index (χ1) is 15.5. The van der Waals surface area contributed by atoms with Crippen molar-refractivity contribution in [1.29, 1.82) is 0 Å². The SMILES string of the molecule is C#CC1(CN2CCC(CCc3noc4c(CN(C)C)c(OCC5CC5)ccc34)CC2)CC1.Cl.Cl. The van der Waals surface area contributed by atoms with E-state index in [-0.39, 0.29) is 30.2 Å². The monoisotopic (exact) mass is 507 g/mol. The molecule has 1 saturated heterocycles. The highest BCUT2D eigenvalue weighted by molar-refractivity contribution is 5.86. The molecule has 0 amide bonds. The number of piperidine rings is 1. The summed E-state index contributed by atoms with van der Waals surface area (Å²) in [7, 11) is 4.17. The van der Waals surface area contributed by atoms with Crippen LogP contribution in [0.3, 0.4) is 0 Å². The molecule has 0 bridgehead atoms. The molecule has 1 aromatic carbocycles. The smallest absolute Gasteiger partial charge is 0.175 e. The zero-order valence-electron chi connectivity index (χ0n) is 20.6. The number of rotatable bonds is 10. The Balaban J connectivity index is 0.00000162. The lowest BCUT2D eigenvalue weighted by atomic mass is 9.90. The molecular weight excluding hydrogens is 469 g/mol. The molecule has 5 rings (SSSR count). The molecule has 34 heavy (non-hydrogen) atoms. The van der Waals surface area contributed by atoms with E-state index < -0.39 is 0 Å². The average molecular weight is 509 g/mol. The van der Waals surface area contributed by atoms with Gasteiger partial charge in [-0.15, -0.1) is 31.2 Å². The maximum absolute atomic E-state index is 6.16. The van der Waals surface area contributed by atoms with Gasteiger partial charge in [-0.25, -0.2) is 0 Å². The molecule has 0 radical (unpaired) electrons. The molecule has 0 N–H and O–H groups in total. The molecule has 3 aliphatic rings. The van der Waals surface area contributed by atoms with Crippen LogP contribution in [0.4, 0.5) is 0 Å². The molecule has 0 spiro atoms. The number of ether oxygens (including phenoxy) is 1. The number of hydrogen-bond donors (Lipinski definition) is 0. The van der Waals surface area contributed by atoms with Gasteiger partial charge in [0, 0.05) is 23.9 Å². The summed E-state index contributed by atoms with van der Waals surface area (Å²) in [6.07, 6.45) is 15.4. The molecule has 1 aliphatic heterocycles. The Morgan fingerprint density at radius 3 is 2.50 bits per heavy atom. The van der Waals surface area contributed by atoms with Gasteiger partial charge in [-0.05, 0) is 103 Å². The maximum Gasteiger partial charge on any atom is 0.175 e. The molecule has 2 aromatic rings. The predicted octanol–water partition coefficient (Wildman–Crippen LogP) is 5.58. The van der Waals surface area contributed by atoms with Gasteiger partial charge in [-0.3, -0.25) is 0 Å². The molecule has 2 aliphatic carbocycles. The second-order valence-electron chi connectivity index (χ2n) is 10.7. The van der Waals surface area contributed by atoms with Gasteiger partial charge in [0.1, 0.15) is 5.75 Å². The first kappa shape index (κ1) is 27.1. The fourth-order valence-electron chi connectivity index (χ4n) is 5.07. The minimum atomic E-state index is 0. The van der Waals surface area contributed by atoms with Crippen molar-refractivity contribution in [3.8, 4) is 18.1 Å². The zero-order valence-corrected chi connectivity index (χ0v) is 22.2. The van der Waals surface area contributed by atoms with Crippen LogP contribution in [0.15, 0.2) is 16.7 Å². The van der Waals surface area contributed by atoms with E-state index in [2.05, 4.69) is 47.1 Å². The predicted molar refractivity (Wildman–Crippen MR) is 142 cm³/mol. The molecule has 7 heteroatoms. The van der Waals surface area contributed by atoms with Crippen molar-refractivity contribution in [2.24, 2.45) is 17.3 Å². The van der Waals surface area contributed by atoms with Gasteiger partial charge in [0.15, 0.2) is 5.58 Å². The third-order valence-electron chi connectivity index (χ3n) is 7.60. The van der Waals surface area contributed by atoms with Gasteiger partial charge in [0.2, 0.25) is 0 Å². The van der Waals surface area contributed by atoms with Crippen LogP contribution in [0.5, 0.6) is 5.75 Å². The van der Waals surface area contributed by atoms with Crippen LogP contribution in [0.1, 0.15) is 56.2 Å². The van der Waals surface area contributed by atoms with Crippen molar-refractivity contribution in [2.75, 3.05) is 40.3 Å². The highest BCUT2D eigenvalue weighted by atomic mass is 35.5. The summed E-state index contributed by atoms with van der Waals surface area (Å²) in [5.74, 6) is 5.49. The van der Waals surface area contributed by atoms with Gasteiger partial charge < -0.3 is 19.1 Å². The van der Waals surface area contributed by atoms with Crippen LogP contribution in [-0.2, 0) is 13.0 Å². The summed E-state index contributed by atoms with van der Waals surface area (Å²) in [6.45, 7) is 5.08.